The maximum Gasteiger partial charge on any atom is 0.0678 e. The van der Waals surface area contributed by atoms with Gasteiger partial charge in [-0.2, -0.15) is 0 Å². The van der Waals surface area contributed by atoms with Crippen LogP contribution in [0.3, 0.4) is 0 Å². The van der Waals surface area contributed by atoms with E-state index in [-0.39, 0.29) is 0 Å². The SMILES string of the molecule is CC1CN(CCN(CCN2CCOCC2)CCN2CCOCC2)CC(C)O1. The van der Waals surface area contributed by atoms with Gasteiger partial charge in [-0.05, 0) is 13.8 Å². The van der Waals surface area contributed by atoms with E-state index in [4.69, 9.17) is 14.2 Å². The molecule has 0 amide bonds. The largest absolute Gasteiger partial charge is 0.379 e. The first-order valence-electron chi connectivity index (χ1n) is 10.9. The number of morpholine rings is 3. The second kappa shape index (κ2) is 11.7. The molecule has 3 heterocycles. The van der Waals surface area contributed by atoms with Crippen molar-refractivity contribution in [2.75, 3.05) is 105 Å². The first-order chi connectivity index (χ1) is 13.2. The predicted molar refractivity (Wildman–Crippen MR) is 107 cm³/mol. The second-order valence-corrected chi connectivity index (χ2v) is 8.27. The number of nitrogens with zero attached hydrogens (tertiary/aromatic N) is 4. The number of ether oxygens (including phenoxy) is 3. The lowest BCUT2D eigenvalue weighted by atomic mass is 10.2. The summed E-state index contributed by atoms with van der Waals surface area (Å²) < 4.78 is 16.9. The lowest BCUT2D eigenvalue weighted by Crippen LogP contribution is -2.50. The van der Waals surface area contributed by atoms with Gasteiger partial charge in [0.05, 0.1) is 38.6 Å². The first kappa shape index (κ1) is 21.4. The quantitative estimate of drug-likeness (QED) is 0.557. The minimum atomic E-state index is 0.351. The Hall–Kier alpha value is -0.280. The monoisotopic (exact) mass is 384 g/mol. The third-order valence-electron chi connectivity index (χ3n) is 5.90. The summed E-state index contributed by atoms with van der Waals surface area (Å²) in [6.45, 7) is 21.3. The summed E-state index contributed by atoms with van der Waals surface area (Å²) in [6.07, 6.45) is 0.702. The van der Waals surface area contributed by atoms with Crippen molar-refractivity contribution in [1.82, 2.24) is 19.6 Å². The molecular weight excluding hydrogens is 344 g/mol. The van der Waals surface area contributed by atoms with Gasteiger partial charge in [0.2, 0.25) is 0 Å². The Bertz CT molecular complexity index is 371. The molecule has 0 radical (unpaired) electrons. The van der Waals surface area contributed by atoms with Gasteiger partial charge in [-0.1, -0.05) is 0 Å². The third-order valence-corrected chi connectivity index (χ3v) is 5.90. The van der Waals surface area contributed by atoms with Crippen molar-refractivity contribution in [1.29, 1.82) is 0 Å². The van der Waals surface area contributed by atoms with Crippen LogP contribution < -0.4 is 0 Å². The van der Waals surface area contributed by atoms with E-state index < -0.39 is 0 Å². The van der Waals surface area contributed by atoms with Crippen LogP contribution in [0.4, 0.5) is 0 Å². The van der Waals surface area contributed by atoms with E-state index in [0.717, 1.165) is 105 Å². The standard InChI is InChI=1S/C20H40N4O3/c1-19-17-24(18-20(2)27-19)8-7-21(3-5-22-9-13-25-14-10-22)4-6-23-11-15-26-16-12-23/h19-20H,3-18H2,1-2H3. The fourth-order valence-electron chi connectivity index (χ4n) is 4.30. The van der Waals surface area contributed by atoms with Crippen LogP contribution in [0, 0.1) is 0 Å². The maximum atomic E-state index is 5.88. The summed E-state index contributed by atoms with van der Waals surface area (Å²) in [7, 11) is 0. The zero-order valence-corrected chi connectivity index (χ0v) is 17.5. The summed E-state index contributed by atoms with van der Waals surface area (Å²) in [6, 6.07) is 0. The molecule has 0 spiro atoms. The third kappa shape index (κ3) is 7.93. The second-order valence-electron chi connectivity index (χ2n) is 8.27. The van der Waals surface area contributed by atoms with Crippen molar-refractivity contribution in [3.63, 3.8) is 0 Å². The van der Waals surface area contributed by atoms with E-state index >= 15 is 0 Å². The zero-order valence-electron chi connectivity index (χ0n) is 17.5. The Labute approximate surface area is 165 Å². The Morgan fingerprint density at radius 3 is 1.52 bits per heavy atom. The van der Waals surface area contributed by atoms with Gasteiger partial charge >= 0.3 is 0 Å². The molecule has 27 heavy (non-hydrogen) atoms. The average molecular weight is 385 g/mol. The number of hydrogen-bond acceptors (Lipinski definition) is 7. The Balaban J connectivity index is 1.43. The van der Waals surface area contributed by atoms with Gasteiger partial charge in [0.1, 0.15) is 0 Å². The van der Waals surface area contributed by atoms with Gasteiger partial charge in [0, 0.05) is 78.5 Å². The molecule has 0 saturated carbocycles. The fourth-order valence-corrected chi connectivity index (χ4v) is 4.30. The minimum absolute atomic E-state index is 0.351. The first-order valence-corrected chi connectivity index (χ1v) is 10.9. The molecule has 3 saturated heterocycles. The molecule has 3 fully saturated rings. The normalized spacial score (nSPS) is 29.4. The number of rotatable bonds is 9. The predicted octanol–water partition coefficient (Wildman–Crippen LogP) is 0.0620. The van der Waals surface area contributed by atoms with Gasteiger partial charge < -0.3 is 14.2 Å². The lowest BCUT2D eigenvalue weighted by molar-refractivity contribution is -0.0696. The fraction of sp³-hybridized carbons (Fsp3) is 1.00. The van der Waals surface area contributed by atoms with Crippen molar-refractivity contribution < 1.29 is 14.2 Å². The van der Waals surface area contributed by atoms with Crippen LogP contribution in [-0.4, -0.2) is 137 Å². The summed E-state index contributed by atoms with van der Waals surface area (Å²) in [4.78, 5) is 10.3. The van der Waals surface area contributed by atoms with Crippen LogP contribution >= 0.6 is 0 Å². The Kier molecular flexibility index (Phi) is 9.25. The topological polar surface area (TPSA) is 40.7 Å². The molecule has 0 aromatic carbocycles. The van der Waals surface area contributed by atoms with Crippen LogP contribution in [0.25, 0.3) is 0 Å². The molecule has 0 aromatic rings. The molecule has 0 N–H and O–H groups in total. The van der Waals surface area contributed by atoms with E-state index in [1.54, 1.807) is 0 Å². The highest BCUT2D eigenvalue weighted by Gasteiger charge is 2.23. The molecule has 0 bridgehead atoms. The summed E-state index contributed by atoms with van der Waals surface area (Å²) >= 11 is 0. The molecule has 2 unspecified atom stereocenters. The summed E-state index contributed by atoms with van der Waals surface area (Å²) in [5.74, 6) is 0. The summed E-state index contributed by atoms with van der Waals surface area (Å²) in [5, 5.41) is 0. The highest BCUT2D eigenvalue weighted by atomic mass is 16.5. The van der Waals surface area contributed by atoms with Gasteiger partial charge in [0.15, 0.2) is 0 Å². The molecule has 7 nitrogen and oxygen atoms in total. The molecule has 2 atom stereocenters. The molecule has 3 rings (SSSR count). The smallest absolute Gasteiger partial charge is 0.0678 e. The van der Waals surface area contributed by atoms with Gasteiger partial charge in [0.25, 0.3) is 0 Å². The van der Waals surface area contributed by atoms with E-state index in [1.807, 2.05) is 0 Å². The molecular formula is C20H40N4O3. The highest BCUT2D eigenvalue weighted by molar-refractivity contribution is 4.76. The minimum Gasteiger partial charge on any atom is -0.379 e. The van der Waals surface area contributed by atoms with Crippen LogP contribution in [0.5, 0.6) is 0 Å². The van der Waals surface area contributed by atoms with Crippen molar-refractivity contribution >= 4 is 0 Å². The van der Waals surface area contributed by atoms with Crippen molar-refractivity contribution in [3.05, 3.63) is 0 Å². The molecule has 0 aliphatic carbocycles. The van der Waals surface area contributed by atoms with Crippen molar-refractivity contribution in [2.24, 2.45) is 0 Å². The number of hydrogen-bond donors (Lipinski definition) is 0. The van der Waals surface area contributed by atoms with E-state index in [1.165, 1.54) is 0 Å². The molecule has 3 aliphatic rings. The molecule has 7 heteroatoms. The van der Waals surface area contributed by atoms with Crippen LogP contribution in [0.2, 0.25) is 0 Å². The van der Waals surface area contributed by atoms with Crippen molar-refractivity contribution in [3.8, 4) is 0 Å². The molecule has 0 aromatic heterocycles. The summed E-state index contributed by atoms with van der Waals surface area (Å²) in [5.41, 5.74) is 0. The van der Waals surface area contributed by atoms with Gasteiger partial charge in [-0.25, -0.2) is 0 Å². The van der Waals surface area contributed by atoms with Gasteiger partial charge in [-0.3, -0.25) is 19.6 Å². The molecule has 3 aliphatic heterocycles. The van der Waals surface area contributed by atoms with Crippen LogP contribution in [0.1, 0.15) is 13.8 Å². The highest BCUT2D eigenvalue weighted by Crippen LogP contribution is 2.10. The van der Waals surface area contributed by atoms with E-state index in [0.29, 0.717) is 12.2 Å². The molecule has 158 valence electrons. The lowest BCUT2D eigenvalue weighted by Gasteiger charge is -2.37. The van der Waals surface area contributed by atoms with Crippen LogP contribution in [-0.2, 0) is 14.2 Å². The zero-order chi connectivity index (χ0) is 18.9. The van der Waals surface area contributed by atoms with Crippen molar-refractivity contribution in [2.45, 2.75) is 26.1 Å². The van der Waals surface area contributed by atoms with Crippen LogP contribution in [0.15, 0.2) is 0 Å². The van der Waals surface area contributed by atoms with E-state index in [9.17, 15) is 0 Å². The Morgan fingerprint density at radius 1 is 0.667 bits per heavy atom. The van der Waals surface area contributed by atoms with E-state index in [2.05, 4.69) is 33.4 Å². The maximum absolute atomic E-state index is 5.88. The average Bonchev–Trinajstić information content (AvgIpc) is 2.68. The Morgan fingerprint density at radius 2 is 1.07 bits per heavy atom. The van der Waals surface area contributed by atoms with Gasteiger partial charge in [-0.15, -0.1) is 0 Å².